The molecule has 0 radical (unpaired) electrons. The molecule has 0 aromatic carbocycles. The molecule has 5 heteroatoms. The van der Waals surface area contributed by atoms with Crippen LogP contribution >= 0.6 is 11.3 Å². The molecule has 0 fully saturated rings. The number of aromatic amines is 1. The molecule has 0 aliphatic rings. The third-order valence-electron chi connectivity index (χ3n) is 1.58. The van der Waals surface area contributed by atoms with Gasteiger partial charge in [0.25, 0.3) is 5.56 Å². The molecule has 0 aliphatic heterocycles. The van der Waals surface area contributed by atoms with E-state index in [4.69, 9.17) is 5.73 Å². The highest BCUT2D eigenvalue weighted by Crippen LogP contribution is 2.13. The zero-order chi connectivity index (χ0) is 8.55. The van der Waals surface area contributed by atoms with E-state index >= 15 is 0 Å². The first-order chi connectivity index (χ1) is 5.81. The van der Waals surface area contributed by atoms with Crippen LogP contribution in [-0.2, 0) is 6.54 Å². The van der Waals surface area contributed by atoms with E-state index in [2.05, 4.69) is 9.97 Å². The van der Waals surface area contributed by atoms with Crippen molar-refractivity contribution in [3.63, 3.8) is 0 Å². The zero-order valence-corrected chi connectivity index (χ0v) is 7.02. The average molecular weight is 181 g/mol. The van der Waals surface area contributed by atoms with Crippen LogP contribution in [0, 0.1) is 0 Å². The van der Waals surface area contributed by atoms with Crippen LogP contribution in [0.3, 0.4) is 0 Å². The van der Waals surface area contributed by atoms with E-state index in [9.17, 15) is 4.79 Å². The lowest BCUT2D eigenvalue weighted by Crippen LogP contribution is -2.13. The zero-order valence-electron chi connectivity index (χ0n) is 6.20. The van der Waals surface area contributed by atoms with Crippen LogP contribution in [0.2, 0.25) is 0 Å². The van der Waals surface area contributed by atoms with Gasteiger partial charge >= 0.3 is 0 Å². The minimum absolute atomic E-state index is 0.110. The SMILES string of the molecule is NCc1nc2sccc2c(=O)[nH]1. The molecule has 4 nitrogen and oxygen atoms in total. The van der Waals surface area contributed by atoms with Gasteiger partial charge in [0.1, 0.15) is 10.7 Å². The van der Waals surface area contributed by atoms with Crippen LogP contribution in [0.15, 0.2) is 16.2 Å². The number of nitrogens with one attached hydrogen (secondary N) is 1. The van der Waals surface area contributed by atoms with Crippen molar-refractivity contribution in [3.8, 4) is 0 Å². The van der Waals surface area contributed by atoms with Gasteiger partial charge in [0.2, 0.25) is 0 Å². The summed E-state index contributed by atoms with van der Waals surface area (Å²) in [4.78, 5) is 18.8. The molecule has 3 N–H and O–H groups in total. The summed E-state index contributed by atoms with van der Waals surface area (Å²) < 4.78 is 0. The number of H-pyrrole nitrogens is 1. The van der Waals surface area contributed by atoms with E-state index in [1.165, 1.54) is 11.3 Å². The molecule has 0 spiro atoms. The maximum atomic E-state index is 11.3. The fourth-order valence-corrected chi connectivity index (χ4v) is 1.79. The number of nitrogens with two attached hydrogens (primary N) is 1. The van der Waals surface area contributed by atoms with Gasteiger partial charge in [0.05, 0.1) is 11.9 Å². The van der Waals surface area contributed by atoms with E-state index in [1.54, 1.807) is 6.07 Å². The lowest BCUT2D eigenvalue weighted by molar-refractivity contribution is 0.916. The van der Waals surface area contributed by atoms with Crippen molar-refractivity contribution < 1.29 is 0 Å². The second kappa shape index (κ2) is 2.69. The van der Waals surface area contributed by atoms with E-state index in [1.807, 2.05) is 5.38 Å². The second-order valence-corrected chi connectivity index (χ2v) is 3.25. The normalized spacial score (nSPS) is 10.8. The molecule has 0 bridgehead atoms. The van der Waals surface area contributed by atoms with E-state index < -0.39 is 0 Å². The fourth-order valence-electron chi connectivity index (χ4n) is 1.01. The summed E-state index contributed by atoms with van der Waals surface area (Å²) >= 11 is 1.44. The molecule has 62 valence electrons. The third kappa shape index (κ3) is 1.03. The maximum absolute atomic E-state index is 11.3. The number of nitrogens with zero attached hydrogens (tertiary/aromatic N) is 1. The molecule has 0 aliphatic carbocycles. The Morgan fingerprint density at radius 2 is 2.50 bits per heavy atom. The Morgan fingerprint density at radius 3 is 3.25 bits per heavy atom. The Hall–Kier alpha value is -1.20. The van der Waals surface area contributed by atoms with Crippen LogP contribution < -0.4 is 11.3 Å². The summed E-state index contributed by atoms with van der Waals surface area (Å²) in [5.74, 6) is 0.537. The van der Waals surface area contributed by atoms with Crippen molar-refractivity contribution in [2.24, 2.45) is 5.73 Å². The number of rotatable bonds is 1. The quantitative estimate of drug-likeness (QED) is 0.670. The van der Waals surface area contributed by atoms with Crippen LogP contribution in [0.25, 0.3) is 10.2 Å². The lowest BCUT2D eigenvalue weighted by Gasteiger charge is -1.94. The van der Waals surface area contributed by atoms with Crippen LogP contribution in [-0.4, -0.2) is 9.97 Å². The molecule has 0 atom stereocenters. The molecule has 2 heterocycles. The average Bonchev–Trinajstić information content (AvgIpc) is 2.52. The first-order valence-corrected chi connectivity index (χ1v) is 4.35. The predicted octanol–water partition coefficient (Wildman–Crippen LogP) is 0.443. The van der Waals surface area contributed by atoms with Gasteiger partial charge in [-0.15, -0.1) is 11.3 Å². The monoisotopic (exact) mass is 181 g/mol. The predicted molar refractivity (Wildman–Crippen MR) is 48.1 cm³/mol. The summed E-state index contributed by atoms with van der Waals surface area (Å²) in [5.41, 5.74) is 5.24. The first kappa shape index (κ1) is 7.45. The summed E-state index contributed by atoms with van der Waals surface area (Å²) in [5, 5.41) is 2.48. The topological polar surface area (TPSA) is 71.8 Å². The number of thiophene rings is 1. The molecule has 0 saturated heterocycles. The molecule has 0 unspecified atom stereocenters. The van der Waals surface area contributed by atoms with Crippen LogP contribution in [0.5, 0.6) is 0 Å². The summed E-state index contributed by atoms with van der Waals surface area (Å²) in [6, 6.07) is 1.76. The number of fused-ring (bicyclic) bond motifs is 1. The molecular formula is C7H7N3OS. The standard InChI is InChI=1S/C7H7N3OS/c8-3-5-9-6(11)4-1-2-12-7(4)10-5/h1-2H,3,8H2,(H,9,10,11). The summed E-state index contributed by atoms with van der Waals surface area (Å²) in [6.45, 7) is 0.267. The molecule has 0 saturated carbocycles. The fraction of sp³-hybridized carbons (Fsp3) is 0.143. The first-order valence-electron chi connectivity index (χ1n) is 3.47. The van der Waals surface area contributed by atoms with Crippen molar-refractivity contribution in [1.82, 2.24) is 9.97 Å². The highest BCUT2D eigenvalue weighted by Gasteiger charge is 2.02. The van der Waals surface area contributed by atoms with Gasteiger partial charge in [-0.05, 0) is 11.4 Å². The highest BCUT2D eigenvalue weighted by atomic mass is 32.1. The smallest absolute Gasteiger partial charge is 0.259 e. The van der Waals surface area contributed by atoms with Gasteiger partial charge in [-0.2, -0.15) is 0 Å². The van der Waals surface area contributed by atoms with E-state index in [0.29, 0.717) is 11.2 Å². The Kier molecular flexibility index (Phi) is 1.67. The van der Waals surface area contributed by atoms with Crippen molar-refractivity contribution in [1.29, 1.82) is 0 Å². The number of hydrogen-bond acceptors (Lipinski definition) is 4. The molecule has 2 aromatic heterocycles. The Labute approximate surface area is 72.1 Å². The van der Waals surface area contributed by atoms with Crippen molar-refractivity contribution >= 4 is 21.6 Å². The maximum Gasteiger partial charge on any atom is 0.259 e. The lowest BCUT2D eigenvalue weighted by atomic mass is 10.4. The third-order valence-corrected chi connectivity index (χ3v) is 2.38. The van der Waals surface area contributed by atoms with Gasteiger partial charge in [0, 0.05) is 0 Å². The van der Waals surface area contributed by atoms with E-state index in [-0.39, 0.29) is 12.1 Å². The van der Waals surface area contributed by atoms with Crippen LogP contribution in [0.1, 0.15) is 5.82 Å². The molecular weight excluding hydrogens is 174 g/mol. The summed E-state index contributed by atoms with van der Waals surface area (Å²) in [6.07, 6.45) is 0. The summed E-state index contributed by atoms with van der Waals surface area (Å²) in [7, 11) is 0. The van der Waals surface area contributed by atoms with Gasteiger partial charge in [-0.1, -0.05) is 0 Å². The number of hydrogen-bond donors (Lipinski definition) is 2. The van der Waals surface area contributed by atoms with Gasteiger partial charge < -0.3 is 10.7 Å². The Morgan fingerprint density at radius 1 is 1.67 bits per heavy atom. The number of aromatic nitrogens is 2. The molecule has 0 amide bonds. The molecule has 12 heavy (non-hydrogen) atoms. The largest absolute Gasteiger partial charge is 0.324 e. The minimum atomic E-state index is -0.110. The van der Waals surface area contributed by atoms with Crippen molar-refractivity contribution in [3.05, 3.63) is 27.6 Å². The molecule has 2 aromatic rings. The highest BCUT2D eigenvalue weighted by molar-refractivity contribution is 7.16. The molecule has 2 rings (SSSR count). The van der Waals surface area contributed by atoms with Crippen molar-refractivity contribution in [2.45, 2.75) is 6.54 Å². The Balaban J connectivity index is 2.84. The van der Waals surface area contributed by atoms with Gasteiger partial charge in [0.15, 0.2) is 0 Å². The van der Waals surface area contributed by atoms with Crippen molar-refractivity contribution in [2.75, 3.05) is 0 Å². The minimum Gasteiger partial charge on any atom is -0.324 e. The van der Waals surface area contributed by atoms with Crippen LogP contribution in [0.4, 0.5) is 0 Å². The second-order valence-electron chi connectivity index (χ2n) is 2.36. The van der Waals surface area contributed by atoms with Gasteiger partial charge in [-0.25, -0.2) is 4.98 Å². The Bertz CT molecular complexity index is 459. The van der Waals surface area contributed by atoms with E-state index in [0.717, 1.165) is 4.83 Å². The van der Waals surface area contributed by atoms with Gasteiger partial charge in [-0.3, -0.25) is 4.79 Å².